The molecule has 0 aliphatic carbocycles. The predicted molar refractivity (Wildman–Crippen MR) is 358 cm³/mol. The first-order valence-corrected chi connectivity index (χ1v) is 37.7. The molecule has 1 N–H and O–H groups in total. The number of quaternary nitrogens is 1. The molecule has 0 bridgehead atoms. The van der Waals surface area contributed by atoms with E-state index in [4.69, 9.17) is 18.5 Å². The lowest BCUT2D eigenvalue weighted by molar-refractivity contribution is -0.870. The Kier molecular flexibility index (Phi) is 63.3. The number of ether oxygens (including phenoxy) is 2. The van der Waals surface area contributed by atoms with Gasteiger partial charge in [0.25, 0.3) is 0 Å². The van der Waals surface area contributed by atoms with Crippen molar-refractivity contribution < 1.29 is 42.1 Å². The van der Waals surface area contributed by atoms with Crippen molar-refractivity contribution in [3.05, 3.63) is 36.5 Å². The number of carbonyl (C=O) groups is 2. The minimum atomic E-state index is -4.39. The Labute approximate surface area is 516 Å². The van der Waals surface area contributed by atoms with Crippen molar-refractivity contribution in [2.24, 2.45) is 0 Å². The molecule has 10 heteroatoms. The second-order valence-corrected chi connectivity index (χ2v) is 27.4. The quantitative estimate of drug-likeness (QED) is 0.0211. The molecule has 0 spiro atoms. The summed E-state index contributed by atoms with van der Waals surface area (Å²) in [5.41, 5.74) is 0. The van der Waals surface area contributed by atoms with Crippen LogP contribution in [0.2, 0.25) is 0 Å². The summed E-state index contributed by atoms with van der Waals surface area (Å²) < 4.78 is 34.7. The zero-order valence-electron chi connectivity index (χ0n) is 56.0. The van der Waals surface area contributed by atoms with Crippen molar-refractivity contribution >= 4 is 19.8 Å². The monoisotopic (exact) mass is 1190 g/mol. The van der Waals surface area contributed by atoms with Crippen LogP contribution in [-0.4, -0.2) is 74.9 Å². The molecule has 0 aliphatic rings. The molecule has 0 heterocycles. The zero-order chi connectivity index (χ0) is 60.5. The number of carbonyl (C=O) groups excluding carboxylic acids is 2. The number of allylic oxidation sites excluding steroid dienone is 6. The normalized spacial score (nSPS) is 13.3. The van der Waals surface area contributed by atoms with Crippen molar-refractivity contribution in [2.45, 2.75) is 373 Å². The topological polar surface area (TPSA) is 108 Å². The summed E-state index contributed by atoms with van der Waals surface area (Å²) in [5.74, 6) is -0.783. The van der Waals surface area contributed by atoms with Gasteiger partial charge in [-0.3, -0.25) is 18.6 Å². The molecule has 2 atom stereocenters. The maximum atomic E-state index is 12.9. The van der Waals surface area contributed by atoms with Crippen LogP contribution >= 0.6 is 7.82 Å². The Morgan fingerprint density at radius 1 is 0.373 bits per heavy atom. The molecule has 9 nitrogen and oxygen atoms in total. The number of phosphoric ester groups is 1. The predicted octanol–water partition coefficient (Wildman–Crippen LogP) is 23.4. The van der Waals surface area contributed by atoms with E-state index in [2.05, 4.69) is 50.3 Å². The highest BCUT2D eigenvalue weighted by molar-refractivity contribution is 7.47. The Morgan fingerprint density at radius 2 is 0.651 bits per heavy atom. The van der Waals surface area contributed by atoms with E-state index >= 15 is 0 Å². The Balaban J connectivity index is 3.96. The van der Waals surface area contributed by atoms with Gasteiger partial charge in [0.05, 0.1) is 27.7 Å². The van der Waals surface area contributed by atoms with Crippen molar-refractivity contribution in [3.63, 3.8) is 0 Å². The van der Waals surface area contributed by atoms with Crippen LogP contribution in [0.5, 0.6) is 0 Å². The highest BCUT2D eigenvalue weighted by atomic mass is 31.2. The zero-order valence-corrected chi connectivity index (χ0v) is 56.9. The standard InChI is InChI=1S/C73H140NO8P/c1-6-8-10-12-14-16-18-20-22-24-26-28-30-32-33-34-35-36-37-38-39-40-42-43-45-47-49-51-53-55-57-59-61-63-65-72(75)79-69-71(70-81-83(77,78)80-68-67-74(3,4)5)82-73(76)66-64-62-60-58-56-54-52-50-48-46-44-41-31-29-27-25-23-21-19-17-15-13-11-9-7-2/h19,21,25,27,31,41,71H,6-18,20,22-24,26,28-30,32-40,42-70H2,1-5H3/p+1/b21-19-,27-25-,41-31-. The van der Waals surface area contributed by atoms with Crippen LogP contribution in [0.3, 0.4) is 0 Å². The molecule has 0 radical (unpaired) electrons. The lowest BCUT2D eigenvalue weighted by Gasteiger charge is -2.24. The molecule has 0 saturated heterocycles. The molecule has 0 saturated carbocycles. The Hall–Kier alpha value is -1.77. The number of hydrogen-bond acceptors (Lipinski definition) is 7. The van der Waals surface area contributed by atoms with Crippen LogP contribution in [-0.2, 0) is 32.7 Å². The molecule has 490 valence electrons. The van der Waals surface area contributed by atoms with Crippen molar-refractivity contribution in [3.8, 4) is 0 Å². The lowest BCUT2D eigenvalue weighted by atomic mass is 10.0. The number of rotatable bonds is 68. The smallest absolute Gasteiger partial charge is 0.462 e. The molecule has 0 aromatic carbocycles. The fourth-order valence-electron chi connectivity index (χ4n) is 10.9. The number of nitrogens with zero attached hydrogens (tertiary/aromatic N) is 1. The van der Waals surface area contributed by atoms with Gasteiger partial charge in [-0.2, -0.15) is 0 Å². The maximum Gasteiger partial charge on any atom is 0.472 e. The van der Waals surface area contributed by atoms with Gasteiger partial charge in [0, 0.05) is 12.8 Å². The van der Waals surface area contributed by atoms with Crippen LogP contribution in [0.4, 0.5) is 0 Å². The molecule has 0 aliphatic heterocycles. The molecular weight excluding hydrogens is 1050 g/mol. The van der Waals surface area contributed by atoms with Crippen molar-refractivity contribution in [2.75, 3.05) is 47.5 Å². The van der Waals surface area contributed by atoms with Crippen molar-refractivity contribution in [1.82, 2.24) is 0 Å². The van der Waals surface area contributed by atoms with Gasteiger partial charge in [0.15, 0.2) is 6.10 Å². The number of hydrogen-bond donors (Lipinski definition) is 1. The van der Waals surface area contributed by atoms with Gasteiger partial charge >= 0.3 is 19.8 Å². The van der Waals surface area contributed by atoms with Gasteiger partial charge < -0.3 is 18.9 Å². The van der Waals surface area contributed by atoms with Crippen LogP contribution in [0, 0.1) is 0 Å². The molecule has 0 aromatic rings. The first kappa shape index (κ1) is 81.2. The number of likely N-dealkylation sites (N-methyl/N-ethyl adjacent to an activating group) is 1. The van der Waals surface area contributed by atoms with Gasteiger partial charge in [-0.1, -0.05) is 339 Å². The Bertz CT molecular complexity index is 1490. The van der Waals surface area contributed by atoms with E-state index in [0.29, 0.717) is 23.9 Å². The minimum absolute atomic E-state index is 0.0326. The average Bonchev–Trinajstić information content (AvgIpc) is 3.48. The summed E-state index contributed by atoms with van der Waals surface area (Å²) in [6, 6.07) is 0. The SMILES string of the molecule is CCCCCCC/C=C\C/C=C\C/C=C\CCCCCCCCCCCCC(=O)OC(COC(=O)CCCCCCCCCCCCCCCCCCCCCCCCCCCCCCCCCCCC)COP(=O)(O)OCC[N+](C)(C)C. The molecule has 83 heavy (non-hydrogen) atoms. The average molecular weight is 1190 g/mol. The summed E-state index contributed by atoms with van der Waals surface area (Å²) in [6.45, 7) is 4.48. The second-order valence-electron chi connectivity index (χ2n) is 26.0. The van der Waals surface area contributed by atoms with Crippen molar-refractivity contribution in [1.29, 1.82) is 0 Å². The van der Waals surface area contributed by atoms with E-state index in [-0.39, 0.29) is 25.6 Å². The van der Waals surface area contributed by atoms with E-state index in [1.165, 1.54) is 283 Å². The highest BCUT2D eigenvalue weighted by Crippen LogP contribution is 2.43. The van der Waals surface area contributed by atoms with Crippen LogP contribution in [0.1, 0.15) is 367 Å². The first-order chi connectivity index (χ1) is 40.5. The third-order valence-electron chi connectivity index (χ3n) is 16.4. The number of esters is 2. The molecule has 0 amide bonds. The fraction of sp³-hybridized carbons (Fsp3) is 0.890. The molecule has 2 unspecified atom stereocenters. The first-order valence-electron chi connectivity index (χ1n) is 36.2. The second kappa shape index (κ2) is 64.7. The summed E-state index contributed by atoms with van der Waals surface area (Å²) in [5, 5.41) is 0. The van der Waals surface area contributed by atoms with Gasteiger partial charge in [-0.25, -0.2) is 4.57 Å². The lowest BCUT2D eigenvalue weighted by Crippen LogP contribution is -2.37. The maximum absolute atomic E-state index is 12.9. The summed E-state index contributed by atoms with van der Waals surface area (Å²) in [7, 11) is 1.49. The molecule has 0 fully saturated rings. The van der Waals surface area contributed by atoms with Gasteiger partial charge in [-0.05, 0) is 51.4 Å². The minimum Gasteiger partial charge on any atom is -0.462 e. The van der Waals surface area contributed by atoms with Gasteiger partial charge in [-0.15, -0.1) is 0 Å². The van der Waals surface area contributed by atoms with E-state index in [9.17, 15) is 19.0 Å². The molecular formula is C73H141NO8P+. The van der Waals surface area contributed by atoms with E-state index in [1.807, 2.05) is 21.1 Å². The van der Waals surface area contributed by atoms with Crippen LogP contribution < -0.4 is 0 Å². The van der Waals surface area contributed by atoms with E-state index in [1.54, 1.807) is 0 Å². The molecule has 0 aromatic heterocycles. The van der Waals surface area contributed by atoms with Crippen LogP contribution in [0.15, 0.2) is 36.5 Å². The highest BCUT2D eigenvalue weighted by Gasteiger charge is 2.27. The van der Waals surface area contributed by atoms with Gasteiger partial charge in [0.2, 0.25) is 0 Å². The largest absolute Gasteiger partial charge is 0.472 e. The van der Waals surface area contributed by atoms with E-state index < -0.39 is 26.5 Å². The third kappa shape index (κ3) is 69.2. The summed E-state index contributed by atoms with van der Waals surface area (Å²) in [4.78, 5) is 35.9. The third-order valence-corrected chi connectivity index (χ3v) is 17.4. The number of phosphoric acid groups is 1. The van der Waals surface area contributed by atoms with E-state index in [0.717, 1.165) is 51.4 Å². The summed E-state index contributed by atoms with van der Waals surface area (Å²) >= 11 is 0. The summed E-state index contributed by atoms with van der Waals surface area (Å²) in [6.07, 6.45) is 82.7. The van der Waals surface area contributed by atoms with Crippen LogP contribution in [0.25, 0.3) is 0 Å². The fourth-order valence-corrected chi connectivity index (χ4v) is 11.6. The Morgan fingerprint density at radius 3 is 0.964 bits per heavy atom. The molecule has 0 rings (SSSR count). The number of unbranched alkanes of at least 4 members (excludes halogenated alkanes) is 48. The van der Waals surface area contributed by atoms with Gasteiger partial charge in [0.1, 0.15) is 19.8 Å².